The summed E-state index contributed by atoms with van der Waals surface area (Å²) < 4.78 is 52.3. The van der Waals surface area contributed by atoms with Gasteiger partial charge in [-0.1, -0.05) is 25.3 Å². The molecule has 2 heterocycles. The zero-order valence-electron chi connectivity index (χ0n) is 17.4. The third-order valence-electron chi connectivity index (χ3n) is 5.93. The lowest BCUT2D eigenvalue weighted by atomic mass is 9.95. The van der Waals surface area contributed by atoms with Crippen LogP contribution in [0.15, 0.2) is 24.3 Å². The normalized spacial score (nSPS) is 17.9. The highest BCUT2D eigenvalue weighted by Gasteiger charge is 2.36. The van der Waals surface area contributed by atoms with Crippen LogP contribution in [-0.2, 0) is 17.5 Å². The zero-order valence-corrected chi connectivity index (χ0v) is 17.4. The molecule has 2 aliphatic rings. The van der Waals surface area contributed by atoms with Crippen LogP contribution in [0.1, 0.15) is 67.9 Å². The van der Waals surface area contributed by atoms with Crippen molar-refractivity contribution in [2.75, 3.05) is 13.2 Å². The van der Waals surface area contributed by atoms with E-state index in [4.69, 9.17) is 9.47 Å². The number of benzene rings is 1. The van der Waals surface area contributed by atoms with Crippen LogP contribution >= 0.6 is 0 Å². The Morgan fingerprint density at radius 1 is 1.16 bits per heavy atom. The molecule has 6 nitrogen and oxygen atoms in total. The molecule has 1 saturated carbocycles. The Kier molecular flexibility index (Phi) is 6.11. The van der Waals surface area contributed by atoms with Gasteiger partial charge in [-0.3, -0.25) is 9.48 Å². The number of fused-ring (bicyclic) bond motifs is 1. The summed E-state index contributed by atoms with van der Waals surface area (Å²) in [6.45, 7) is 2.67. The Morgan fingerprint density at radius 2 is 1.87 bits per heavy atom. The zero-order chi connectivity index (χ0) is 22.0. The highest BCUT2D eigenvalue weighted by Crippen LogP contribution is 2.35. The monoisotopic (exact) mass is 437 g/mol. The number of halogens is 3. The van der Waals surface area contributed by atoms with Crippen molar-refractivity contribution in [1.82, 2.24) is 15.1 Å². The summed E-state index contributed by atoms with van der Waals surface area (Å²) in [6.07, 6.45) is 0.110. The van der Waals surface area contributed by atoms with Crippen LogP contribution in [0.5, 0.6) is 11.5 Å². The van der Waals surface area contributed by atoms with Gasteiger partial charge in [-0.05, 0) is 43.5 Å². The van der Waals surface area contributed by atoms with Gasteiger partial charge in [-0.2, -0.15) is 18.3 Å². The summed E-state index contributed by atoms with van der Waals surface area (Å²) >= 11 is 0. The average molecular weight is 437 g/mol. The number of rotatable bonds is 5. The van der Waals surface area contributed by atoms with Gasteiger partial charge >= 0.3 is 6.18 Å². The summed E-state index contributed by atoms with van der Waals surface area (Å²) in [5.41, 5.74) is 0.211. The molecule has 0 spiro atoms. The van der Waals surface area contributed by atoms with E-state index in [1.165, 1.54) is 4.68 Å². The maximum absolute atomic E-state index is 13.2. The molecule has 1 aromatic heterocycles. The molecule has 4 rings (SSSR count). The number of hydrogen-bond donors (Lipinski definition) is 1. The van der Waals surface area contributed by atoms with Gasteiger partial charge in [-0.15, -0.1) is 0 Å². The first kappa shape index (κ1) is 21.5. The molecule has 0 radical (unpaired) electrons. The number of carbonyl (C=O) groups is 1. The lowest BCUT2D eigenvalue weighted by Gasteiger charge is -2.24. The number of nitrogens with zero attached hydrogens (tertiary/aromatic N) is 2. The van der Waals surface area contributed by atoms with Crippen LogP contribution < -0.4 is 14.8 Å². The van der Waals surface area contributed by atoms with Gasteiger partial charge < -0.3 is 14.8 Å². The van der Waals surface area contributed by atoms with Crippen LogP contribution in [0.3, 0.4) is 0 Å². The Balaban J connectivity index is 1.47. The second-order valence-corrected chi connectivity index (χ2v) is 8.10. The minimum Gasteiger partial charge on any atom is -0.486 e. The van der Waals surface area contributed by atoms with Gasteiger partial charge in [0.1, 0.15) is 13.2 Å². The summed E-state index contributed by atoms with van der Waals surface area (Å²) in [5, 5.41) is 6.63. The third-order valence-corrected chi connectivity index (χ3v) is 5.93. The van der Waals surface area contributed by atoms with Crippen LogP contribution in [0, 0.1) is 0 Å². The van der Waals surface area contributed by atoms with E-state index in [0.29, 0.717) is 30.4 Å². The lowest BCUT2D eigenvalue weighted by molar-refractivity contribution is -0.141. The van der Waals surface area contributed by atoms with Crippen molar-refractivity contribution in [3.05, 3.63) is 41.2 Å². The quantitative estimate of drug-likeness (QED) is 0.743. The van der Waals surface area contributed by atoms with Gasteiger partial charge in [0.2, 0.25) is 5.91 Å². The molecule has 1 unspecified atom stereocenters. The van der Waals surface area contributed by atoms with E-state index in [1.807, 2.05) is 0 Å². The summed E-state index contributed by atoms with van der Waals surface area (Å²) in [6, 6.07) is 6.32. The molecular weight excluding hydrogens is 411 g/mol. The van der Waals surface area contributed by atoms with Gasteiger partial charge in [0.05, 0.1) is 24.2 Å². The fourth-order valence-corrected chi connectivity index (χ4v) is 4.16. The van der Waals surface area contributed by atoms with Crippen LogP contribution in [0.25, 0.3) is 0 Å². The Hall–Kier alpha value is -2.71. The average Bonchev–Trinajstić information content (AvgIpc) is 3.22. The summed E-state index contributed by atoms with van der Waals surface area (Å²) in [7, 11) is 0. The maximum Gasteiger partial charge on any atom is 0.435 e. The number of alkyl halides is 3. The predicted octanol–water partition coefficient (Wildman–Crippen LogP) is 4.60. The first-order chi connectivity index (χ1) is 14.8. The summed E-state index contributed by atoms with van der Waals surface area (Å²) in [4.78, 5) is 12.7. The van der Waals surface area contributed by atoms with Gasteiger partial charge in [0, 0.05) is 0 Å². The molecule has 168 valence electrons. The van der Waals surface area contributed by atoms with E-state index in [0.717, 1.165) is 43.7 Å². The molecule has 1 aromatic carbocycles. The van der Waals surface area contributed by atoms with Crippen molar-refractivity contribution >= 4 is 5.91 Å². The highest BCUT2D eigenvalue weighted by atomic mass is 19.4. The van der Waals surface area contributed by atoms with Crippen molar-refractivity contribution in [1.29, 1.82) is 0 Å². The Bertz CT molecular complexity index is 936. The summed E-state index contributed by atoms with van der Waals surface area (Å²) in [5.74, 6) is 0.456. The molecular formula is C22H26F3N3O3. The van der Waals surface area contributed by atoms with E-state index in [9.17, 15) is 18.0 Å². The number of amides is 1. The largest absolute Gasteiger partial charge is 0.486 e. The van der Waals surface area contributed by atoms with Gasteiger partial charge in [-0.25, -0.2) is 0 Å². The molecule has 1 amide bonds. The standard InChI is InChI=1S/C22H26F3N3O3/c1-14(15-7-8-18-19(11-15)31-10-9-30-18)21(29)26-13-17-12-20(22(23,24)25)27-28(17)16-5-3-2-4-6-16/h7-8,11-12,14,16H,2-6,9-10,13H2,1H3,(H,26,29). The molecule has 1 N–H and O–H groups in total. The minimum atomic E-state index is -4.52. The SMILES string of the molecule is CC(C(=O)NCc1cc(C(F)(F)F)nn1C1CCCCC1)c1ccc2c(c1)OCCO2. The molecule has 0 saturated heterocycles. The number of carbonyl (C=O) groups excluding carboxylic acids is 1. The van der Waals surface area contributed by atoms with E-state index in [-0.39, 0.29) is 18.5 Å². The second kappa shape index (κ2) is 8.80. The van der Waals surface area contributed by atoms with Crippen molar-refractivity contribution in [3.8, 4) is 11.5 Å². The topological polar surface area (TPSA) is 65.4 Å². The van der Waals surface area contributed by atoms with E-state index in [2.05, 4.69) is 10.4 Å². The first-order valence-electron chi connectivity index (χ1n) is 10.7. The number of hydrogen-bond acceptors (Lipinski definition) is 4. The third kappa shape index (κ3) is 4.80. The van der Waals surface area contributed by atoms with Crippen LogP contribution in [0.2, 0.25) is 0 Å². The van der Waals surface area contributed by atoms with Crippen LogP contribution in [-0.4, -0.2) is 28.9 Å². The first-order valence-corrected chi connectivity index (χ1v) is 10.7. The fraction of sp³-hybridized carbons (Fsp3) is 0.545. The van der Waals surface area contributed by atoms with Crippen molar-refractivity contribution < 1.29 is 27.4 Å². The van der Waals surface area contributed by atoms with Crippen LogP contribution in [0.4, 0.5) is 13.2 Å². The fourth-order valence-electron chi connectivity index (χ4n) is 4.16. The number of nitrogens with one attached hydrogen (secondary N) is 1. The highest BCUT2D eigenvalue weighted by molar-refractivity contribution is 5.83. The molecule has 1 fully saturated rings. The second-order valence-electron chi connectivity index (χ2n) is 8.10. The van der Waals surface area contributed by atoms with Crippen molar-refractivity contribution in [3.63, 3.8) is 0 Å². The minimum absolute atomic E-state index is 0.00664. The molecule has 1 aliphatic heterocycles. The molecule has 2 aromatic rings. The van der Waals surface area contributed by atoms with Gasteiger partial charge in [0.25, 0.3) is 0 Å². The van der Waals surface area contributed by atoms with Gasteiger partial charge in [0.15, 0.2) is 17.2 Å². The molecule has 1 atom stereocenters. The Morgan fingerprint density at radius 3 is 2.58 bits per heavy atom. The molecule has 0 bridgehead atoms. The molecule has 31 heavy (non-hydrogen) atoms. The van der Waals surface area contributed by atoms with Crippen molar-refractivity contribution in [2.45, 2.75) is 63.7 Å². The smallest absolute Gasteiger partial charge is 0.435 e. The lowest BCUT2D eigenvalue weighted by Crippen LogP contribution is -2.29. The van der Waals surface area contributed by atoms with Crippen molar-refractivity contribution in [2.24, 2.45) is 0 Å². The van der Waals surface area contributed by atoms with E-state index < -0.39 is 17.8 Å². The number of aromatic nitrogens is 2. The maximum atomic E-state index is 13.2. The number of ether oxygens (including phenoxy) is 2. The Labute approximate surface area is 178 Å². The molecule has 9 heteroatoms. The predicted molar refractivity (Wildman–Crippen MR) is 107 cm³/mol. The molecule has 1 aliphatic carbocycles. The van der Waals surface area contributed by atoms with E-state index >= 15 is 0 Å². The van der Waals surface area contributed by atoms with E-state index in [1.54, 1.807) is 25.1 Å².